The smallest absolute Gasteiger partial charge is 0.161 e. The lowest BCUT2D eigenvalue weighted by molar-refractivity contribution is 0.601. The second kappa shape index (κ2) is 4.84. The van der Waals surface area contributed by atoms with Crippen LogP contribution in [0.4, 0.5) is 5.69 Å². The molecule has 1 saturated heterocycles. The number of rotatable bonds is 1. The maximum Gasteiger partial charge on any atom is 0.161 e. The van der Waals surface area contributed by atoms with Crippen LogP contribution in [0.2, 0.25) is 10.0 Å². The van der Waals surface area contributed by atoms with Gasteiger partial charge in [0.15, 0.2) is 15.0 Å². The van der Waals surface area contributed by atoms with Crippen LogP contribution in [0.3, 0.4) is 0 Å². The largest absolute Gasteiger partial charge is 0.333 e. The summed E-state index contributed by atoms with van der Waals surface area (Å²) >= 11 is 13.6. The predicted molar refractivity (Wildman–Crippen MR) is 81.3 cm³/mol. The number of amidine groups is 1. The zero-order chi connectivity index (χ0) is 13.6. The molecule has 0 spiro atoms. The molecule has 102 valence electrons. The number of nitrogens with one attached hydrogen (secondary N) is 1. The van der Waals surface area contributed by atoms with Crippen LogP contribution < -0.4 is 5.32 Å². The molecule has 1 aromatic rings. The van der Waals surface area contributed by atoms with E-state index in [2.05, 4.69) is 10.3 Å². The highest BCUT2D eigenvalue weighted by Crippen LogP contribution is 2.37. The Bertz CT molecular complexity index is 640. The van der Waals surface area contributed by atoms with Crippen molar-refractivity contribution < 1.29 is 8.42 Å². The fourth-order valence-corrected chi connectivity index (χ4v) is 6.29. The predicted octanol–water partition coefficient (Wildman–Crippen LogP) is 2.67. The van der Waals surface area contributed by atoms with Gasteiger partial charge < -0.3 is 5.32 Å². The monoisotopic (exact) mass is 336 g/mol. The highest BCUT2D eigenvalue weighted by Gasteiger charge is 2.42. The van der Waals surface area contributed by atoms with E-state index in [1.165, 1.54) is 11.8 Å². The molecule has 3 rings (SSSR count). The Labute approximate surface area is 125 Å². The van der Waals surface area contributed by atoms with Crippen molar-refractivity contribution in [2.75, 3.05) is 16.8 Å². The van der Waals surface area contributed by atoms with Crippen molar-refractivity contribution in [1.29, 1.82) is 0 Å². The number of hydrogen-bond donors (Lipinski definition) is 1. The first kappa shape index (κ1) is 13.5. The van der Waals surface area contributed by atoms with Gasteiger partial charge in [-0.3, -0.25) is 4.99 Å². The number of halogens is 2. The highest BCUT2D eigenvalue weighted by molar-refractivity contribution is 8.15. The minimum absolute atomic E-state index is 0.00811. The second-order valence-corrected chi connectivity index (χ2v) is 8.65. The summed E-state index contributed by atoms with van der Waals surface area (Å²) in [5.74, 6) is 0.319. The molecular weight excluding hydrogens is 327 g/mol. The van der Waals surface area contributed by atoms with Gasteiger partial charge in [0.05, 0.1) is 33.3 Å². The fourth-order valence-electron chi connectivity index (χ4n) is 2.14. The number of aliphatic imine (C=N–C) groups is 1. The minimum atomic E-state index is -2.93. The molecule has 0 amide bonds. The van der Waals surface area contributed by atoms with Gasteiger partial charge in [-0.1, -0.05) is 41.0 Å². The molecule has 0 bridgehead atoms. The molecule has 2 aliphatic rings. The summed E-state index contributed by atoms with van der Waals surface area (Å²) in [6.07, 6.45) is 0. The van der Waals surface area contributed by atoms with Crippen LogP contribution in [0.5, 0.6) is 0 Å². The zero-order valence-corrected chi connectivity index (χ0v) is 12.8. The Kier molecular flexibility index (Phi) is 3.45. The molecule has 1 N–H and O–H groups in total. The molecule has 0 saturated carbocycles. The van der Waals surface area contributed by atoms with Crippen LogP contribution in [0.25, 0.3) is 0 Å². The number of fused-ring (bicyclic) bond motifs is 1. The third-order valence-corrected chi connectivity index (χ3v) is 6.78. The molecule has 2 aliphatic heterocycles. The molecule has 0 aromatic heterocycles. The number of thioether (sulfide) groups is 1. The lowest BCUT2D eigenvalue weighted by atomic mass is 10.3. The van der Waals surface area contributed by atoms with Gasteiger partial charge in [0, 0.05) is 5.25 Å². The lowest BCUT2D eigenvalue weighted by Gasteiger charge is -2.10. The SMILES string of the molecule is O=S1(=O)C[C@H]2N=C(Nc3c(Cl)cccc3Cl)S[C@@H]2C1. The van der Waals surface area contributed by atoms with Gasteiger partial charge in [0.25, 0.3) is 0 Å². The molecule has 1 fully saturated rings. The summed E-state index contributed by atoms with van der Waals surface area (Å²) in [4.78, 5) is 4.40. The van der Waals surface area contributed by atoms with Gasteiger partial charge in [-0.15, -0.1) is 0 Å². The number of nitrogens with zero attached hydrogens (tertiary/aromatic N) is 1. The first-order valence-electron chi connectivity index (χ1n) is 5.60. The van der Waals surface area contributed by atoms with Crippen molar-refractivity contribution >= 4 is 55.7 Å². The Balaban J connectivity index is 1.80. The van der Waals surface area contributed by atoms with E-state index in [9.17, 15) is 8.42 Å². The first-order valence-corrected chi connectivity index (χ1v) is 9.06. The summed E-state index contributed by atoms with van der Waals surface area (Å²) < 4.78 is 22.9. The Hall–Kier alpha value is -0.430. The van der Waals surface area contributed by atoms with E-state index in [0.717, 1.165) is 0 Å². The van der Waals surface area contributed by atoms with Crippen LogP contribution in [0.1, 0.15) is 0 Å². The molecule has 8 heteroatoms. The van der Waals surface area contributed by atoms with E-state index < -0.39 is 9.84 Å². The third kappa shape index (κ3) is 2.72. The van der Waals surface area contributed by atoms with Crippen molar-refractivity contribution in [2.24, 2.45) is 4.99 Å². The van der Waals surface area contributed by atoms with Crippen LogP contribution >= 0.6 is 35.0 Å². The summed E-state index contributed by atoms with van der Waals surface area (Å²) in [5.41, 5.74) is 0.611. The molecule has 19 heavy (non-hydrogen) atoms. The van der Waals surface area contributed by atoms with E-state index in [1.54, 1.807) is 18.2 Å². The molecule has 2 atom stereocenters. The normalized spacial score (nSPS) is 28.0. The molecule has 2 heterocycles. The van der Waals surface area contributed by atoms with E-state index in [4.69, 9.17) is 23.2 Å². The quantitative estimate of drug-likeness (QED) is 0.856. The van der Waals surface area contributed by atoms with E-state index in [0.29, 0.717) is 20.9 Å². The topological polar surface area (TPSA) is 58.5 Å². The van der Waals surface area contributed by atoms with Gasteiger partial charge in [0.2, 0.25) is 0 Å². The Morgan fingerprint density at radius 1 is 1.26 bits per heavy atom. The van der Waals surface area contributed by atoms with E-state index in [1.807, 2.05) is 0 Å². The average molecular weight is 337 g/mol. The Morgan fingerprint density at radius 2 is 1.95 bits per heavy atom. The van der Waals surface area contributed by atoms with Crippen LogP contribution in [-0.2, 0) is 9.84 Å². The minimum Gasteiger partial charge on any atom is -0.333 e. The number of hydrogen-bond acceptors (Lipinski definition) is 5. The number of anilines is 1. The number of sulfone groups is 1. The summed E-state index contributed by atoms with van der Waals surface area (Å²) in [7, 11) is -2.93. The molecule has 0 radical (unpaired) electrons. The van der Waals surface area contributed by atoms with E-state index >= 15 is 0 Å². The summed E-state index contributed by atoms with van der Waals surface area (Å²) in [5, 5.41) is 4.80. The second-order valence-electron chi connectivity index (χ2n) is 4.46. The van der Waals surface area contributed by atoms with Crippen LogP contribution in [0.15, 0.2) is 23.2 Å². The molecule has 1 aromatic carbocycles. The van der Waals surface area contributed by atoms with Gasteiger partial charge in [-0.25, -0.2) is 8.42 Å². The highest BCUT2D eigenvalue weighted by atomic mass is 35.5. The standard InChI is InChI=1S/C11H10Cl2N2O2S2/c12-6-2-1-3-7(13)10(6)15-11-14-8-4-19(16,17)5-9(8)18-11/h1-3,8-9H,4-5H2,(H,14,15)/t8-,9-/m1/s1. The van der Waals surface area contributed by atoms with Gasteiger partial charge in [0.1, 0.15) is 0 Å². The van der Waals surface area contributed by atoms with Crippen molar-refractivity contribution in [3.05, 3.63) is 28.2 Å². The number of para-hydroxylation sites is 1. The Morgan fingerprint density at radius 3 is 2.58 bits per heavy atom. The maximum atomic E-state index is 11.5. The molecule has 0 unspecified atom stereocenters. The summed E-state index contributed by atoms with van der Waals surface area (Å²) in [6.45, 7) is 0. The summed E-state index contributed by atoms with van der Waals surface area (Å²) in [6, 6.07) is 5.09. The molecule has 0 aliphatic carbocycles. The molecule has 4 nitrogen and oxygen atoms in total. The van der Waals surface area contributed by atoms with Gasteiger partial charge >= 0.3 is 0 Å². The van der Waals surface area contributed by atoms with E-state index in [-0.39, 0.29) is 22.8 Å². The molecular formula is C11H10Cl2N2O2S2. The average Bonchev–Trinajstić information content (AvgIpc) is 2.76. The lowest BCUT2D eigenvalue weighted by Crippen LogP contribution is -2.13. The van der Waals surface area contributed by atoms with Crippen molar-refractivity contribution in [3.8, 4) is 0 Å². The zero-order valence-electron chi connectivity index (χ0n) is 9.64. The first-order chi connectivity index (χ1) is 8.94. The van der Waals surface area contributed by atoms with Crippen molar-refractivity contribution in [3.63, 3.8) is 0 Å². The fraction of sp³-hybridized carbons (Fsp3) is 0.364. The number of benzene rings is 1. The van der Waals surface area contributed by atoms with Gasteiger partial charge in [-0.05, 0) is 12.1 Å². The van der Waals surface area contributed by atoms with Crippen LogP contribution in [-0.4, -0.2) is 36.4 Å². The van der Waals surface area contributed by atoms with Crippen molar-refractivity contribution in [1.82, 2.24) is 0 Å². The van der Waals surface area contributed by atoms with Crippen molar-refractivity contribution in [2.45, 2.75) is 11.3 Å². The third-order valence-electron chi connectivity index (χ3n) is 3.01. The maximum absolute atomic E-state index is 11.5. The van der Waals surface area contributed by atoms with Gasteiger partial charge in [-0.2, -0.15) is 0 Å². The van der Waals surface area contributed by atoms with Crippen LogP contribution in [0, 0.1) is 0 Å².